The maximum atomic E-state index is 11.1. The minimum absolute atomic E-state index is 0.186. The molecule has 0 bridgehead atoms. The Hall–Kier alpha value is -2.49. The Morgan fingerprint density at radius 3 is 2.85 bits per heavy atom. The van der Waals surface area contributed by atoms with Crippen LogP contribution < -0.4 is 11.1 Å². The average molecular weight is 268 g/mol. The number of hydrogen-bond acceptors (Lipinski definition) is 3. The normalized spacial score (nSPS) is 12.5. The van der Waals surface area contributed by atoms with E-state index in [0.29, 0.717) is 11.1 Å². The van der Waals surface area contributed by atoms with Crippen LogP contribution in [-0.4, -0.2) is 4.98 Å². The van der Waals surface area contributed by atoms with Gasteiger partial charge in [-0.15, -0.1) is 0 Å². The number of benzene rings is 2. The van der Waals surface area contributed by atoms with Gasteiger partial charge in [-0.3, -0.25) is 4.98 Å². The molecule has 1 atom stereocenters. The fourth-order valence-corrected chi connectivity index (χ4v) is 2.31. The number of nitrogens with one attached hydrogen (secondary N) is 2. The van der Waals surface area contributed by atoms with Gasteiger partial charge in [0, 0.05) is 11.7 Å². The molecule has 0 amide bonds. The molecule has 1 aromatic heterocycles. The molecule has 2 aromatic carbocycles. The SMILES string of the molecule is Cc1cccc(C(C)Nc2ccc3oc(=O)[nH]c3c2)c1. The molecule has 0 aliphatic heterocycles. The largest absolute Gasteiger partial charge is 0.417 e. The zero-order valence-corrected chi connectivity index (χ0v) is 11.4. The van der Waals surface area contributed by atoms with Crippen LogP contribution in [0, 0.1) is 6.92 Å². The molecule has 4 nitrogen and oxygen atoms in total. The summed E-state index contributed by atoms with van der Waals surface area (Å²) in [6.07, 6.45) is 0. The second-order valence-corrected chi connectivity index (χ2v) is 5.01. The van der Waals surface area contributed by atoms with Gasteiger partial charge in [0.15, 0.2) is 5.58 Å². The fourth-order valence-electron chi connectivity index (χ4n) is 2.31. The molecule has 0 saturated carbocycles. The molecular weight excluding hydrogens is 252 g/mol. The van der Waals surface area contributed by atoms with Gasteiger partial charge >= 0.3 is 5.76 Å². The fraction of sp³-hybridized carbons (Fsp3) is 0.188. The zero-order valence-electron chi connectivity index (χ0n) is 11.4. The van der Waals surface area contributed by atoms with Crippen molar-refractivity contribution in [2.24, 2.45) is 0 Å². The van der Waals surface area contributed by atoms with Gasteiger partial charge in [0.05, 0.1) is 5.52 Å². The Kier molecular flexibility index (Phi) is 3.06. The van der Waals surface area contributed by atoms with Gasteiger partial charge in [-0.25, -0.2) is 4.79 Å². The van der Waals surface area contributed by atoms with E-state index in [4.69, 9.17) is 4.42 Å². The smallest absolute Gasteiger partial charge is 0.408 e. The van der Waals surface area contributed by atoms with E-state index in [2.05, 4.69) is 48.4 Å². The molecule has 1 unspecified atom stereocenters. The molecule has 0 radical (unpaired) electrons. The Bertz CT molecular complexity index is 801. The van der Waals surface area contributed by atoms with Crippen LogP contribution in [0.3, 0.4) is 0 Å². The molecule has 0 spiro atoms. The number of rotatable bonds is 3. The summed E-state index contributed by atoms with van der Waals surface area (Å²) in [4.78, 5) is 13.8. The van der Waals surface area contributed by atoms with E-state index in [-0.39, 0.29) is 6.04 Å². The van der Waals surface area contributed by atoms with E-state index in [9.17, 15) is 4.79 Å². The van der Waals surface area contributed by atoms with E-state index in [1.807, 2.05) is 12.1 Å². The number of H-pyrrole nitrogens is 1. The molecule has 1 heterocycles. The van der Waals surface area contributed by atoms with Crippen LogP contribution >= 0.6 is 0 Å². The zero-order chi connectivity index (χ0) is 14.1. The number of aromatic amines is 1. The maximum absolute atomic E-state index is 11.1. The number of oxazole rings is 1. The van der Waals surface area contributed by atoms with Crippen LogP contribution in [0.15, 0.2) is 51.7 Å². The molecule has 0 saturated heterocycles. The first-order valence-corrected chi connectivity index (χ1v) is 6.58. The number of fused-ring (bicyclic) bond motifs is 1. The lowest BCUT2D eigenvalue weighted by Gasteiger charge is -2.16. The van der Waals surface area contributed by atoms with E-state index in [1.165, 1.54) is 11.1 Å². The van der Waals surface area contributed by atoms with Crippen molar-refractivity contribution in [1.29, 1.82) is 0 Å². The minimum atomic E-state index is -0.427. The minimum Gasteiger partial charge on any atom is -0.408 e. The number of anilines is 1. The summed E-state index contributed by atoms with van der Waals surface area (Å²) in [6, 6.07) is 14.2. The average Bonchev–Trinajstić information content (AvgIpc) is 2.78. The van der Waals surface area contributed by atoms with Gasteiger partial charge in [-0.1, -0.05) is 29.8 Å². The molecule has 0 aliphatic carbocycles. The number of aryl methyl sites for hydroxylation is 1. The van der Waals surface area contributed by atoms with Crippen molar-refractivity contribution in [1.82, 2.24) is 4.98 Å². The Morgan fingerprint density at radius 1 is 1.20 bits per heavy atom. The third-order valence-electron chi connectivity index (χ3n) is 3.34. The second-order valence-electron chi connectivity index (χ2n) is 5.01. The topological polar surface area (TPSA) is 58.0 Å². The molecule has 3 aromatic rings. The van der Waals surface area contributed by atoms with Crippen LogP contribution in [0.2, 0.25) is 0 Å². The molecule has 20 heavy (non-hydrogen) atoms. The predicted molar refractivity (Wildman–Crippen MR) is 80.1 cm³/mol. The second kappa shape index (κ2) is 4.89. The molecular formula is C16H16N2O2. The molecule has 102 valence electrons. The third-order valence-corrected chi connectivity index (χ3v) is 3.34. The predicted octanol–water partition coefficient (Wildman–Crippen LogP) is 3.60. The highest BCUT2D eigenvalue weighted by Gasteiger charge is 2.07. The van der Waals surface area contributed by atoms with Gasteiger partial charge in [-0.05, 0) is 37.6 Å². The van der Waals surface area contributed by atoms with Crippen molar-refractivity contribution in [2.75, 3.05) is 5.32 Å². The van der Waals surface area contributed by atoms with Crippen LogP contribution in [0.4, 0.5) is 5.69 Å². The Labute approximate surface area is 116 Å². The van der Waals surface area contributed by atoms with Crippen LogP contribution in [0.25, 0.3) is 11.1 Å². The lowest BCUT2D eigenvalue weighted by molar-refractivity contribution is 0.555. The first-order chi connectivity index (χ1) is 9.61. The summed E-state index contributed by atoms with van der Waals surface area (Å²) in [6.45, 7) is 4.19. The summed E-state index contributed by atoms with van der Waals surface area (Å²) in [5.41, 5.74) is 4.69. The summed E-state index contributed by atoms with van der Waals surface area (Å²) in [7, 11) is 0. The number of hydrogen-bond donors (Lipinski definition) is 2. The van der Waals surface area contributed by atoms with Gasteiger partial charge in [0.2, 0.25) is 0 Å². The highest BCUT2D eigenvalue weighted by molar-refractivity contribution is 5.76. The van der Waals surface area contributed by atoms with Gasteiger partial charge in [-0.2, -0.15) is 0 Å². The van der Waals surface area contributed by atoms with Crippen molar-refractivity contribution in [3.63, 3.8) is 0 Å². The molecule has 0 aliphatic rings. The van der Waals surface area contributed by atoms with E-state index >= 15 is 0 Å². The van der Waals surface area contributed by atoms with Crippen molar-refractivity contribution < 1.29 is 4.42 Å². The van der Waals surface area contributed by atoms with Gasteiger partial charge in [0.1, 0.15) is 0 Å². The molecule has 4 heteroatoms. The molecule has 0 fully saturated rings. The van der Waals surface area contributed by atoms with Gasteiger partial charge in [0.25, 0.3) is 0 Å². The summed E-state index contributed by atoms with van der Waals surface area (Å²) in [5.74, 6) is -0.427. The Morgan fingerprint density at radius 2 is 2.05 bits per heavy atom. The van der Waals surface area contributed by atoms with Crippen LogP contribution in [0.1, 0.15) is 24.1 Å². The van der Waals surface area contributed by atoms with Gasteiger partial charge < -0.3 is 9.73 Å². The standard InChI is InChI=1S/C16H16N2O2/c1-10-4-3-5-12(8-10)11(2)17-13-6-7-15-14(9-13)18-16(19)20-15/h3-9,11,17H,1-2H3,(H,18,19). The highest BCUT2D eigenvalue weighted by Crippen LogP contribution is 2.22. The highest BCUT2D eigenvalue weighted by atomic mass is 16.4. The van der Waals surface area contributed by atoms with Crippen molar-refractivity contribution in [3.05, 3.63) is 64.1 Å². The first-order valence-electron chi connectivity index (χ1n) is 6.58. The Balaban J connectivity index is 1.86. The molecule has 3 rings (SSSR count). The van der Waals surface area contributed by atoms with E-state index in [0.717, 1.165) is 5.69 Å². The molecule has 2 N–H and O–H groups in total. The summed E-state index contributed by atoms with van der Waals surface area (Å²) < 4.78 is 4.99. The van der Waals surface area contributed by atoms with Crippen LogP contribution in [0.5, 0.6) is 0 Å². The monoisotopic (exact) mass is 268 g/mol. The lowest BCUT2D eigenvalue weighted by Crippen LogP contribution is -2.06. The first kappa shape index (κ1) is 12.5. The van der Waals surface area contributed by atoms with Crippen molar-refractivity contribution >= 4 is 16.8 Å². The van der Waals surface area contributed by atoms with E-state index in [1.54, 1.807) is 6.07 Å². The van der Waals surface area contributed by atoms with Crippen molar-refractivity contribution in [2.45, 2.75) is 19.9 Å². The van der Waals surface area contributed by atoms with Crippen LogP contribution in [-0.2, 0) is 0 Å². The maximum Gasteiger partial charge on any atom is 0.417 e. The van der Waals surface area contributed by atoms with E-state index < -0.39 is 5.76 Å². The lowest BCUT2D eigenvalue weighted by atomic mass is 10.1. The third kappa shape index (κ3) is 2.45. The van der Waals surface area contributed by atoms with Crippen molar-refractivity contribution in [3.8, 4) is 0 Å². The quantitative estimate of drug-likeness (QED) is 0.763. The summed E-state index contributed by atoms with van der Waals surface area (Å²) >= 11 is 0. The number of aromatic nitrogens is 1. The summed E-state index contributed by atoms with van der Waals surface area (Å²) in [5, 5.41) is 3.42.